The number of aliphatic imine (C=N–C) groups is 1. The lowest BCUT2D eigenvalue weighted by atomic mass is 9.85. The summed E-state index contributed by atoms with van der Waals surface area (Å²) in [7, 11) is 0. The number of hydrogen-bond acceptors (Lipinski definition) is 2. The first kappa shape index (κ1) is 19.0. The Morgan fingerprint density at radius 2 is 2.00 bits per heavy atom. The van der Waals surface area contributed by atoms with Crippen LogP contribution in [0.5, 0.6) is 0 Å². The smallest absolute Gasteiger partial charge is 0.0475 e. The number of nitrogens with zero attached hydrogens (tertiary/aromatic N) is 2. The van der Waals surface area contributed by atoms with Gasteiger partial charge in [-0.05, 0) is 70.1 Å². The third kappa shape index (κ3) is 4.15. The molecule has 0 fully saturated rings. The van der Waals surface area contributed by atoms with Crippen molar-refractivity contribution in [2.75, 3.05) is 11.4 Å². The van der Waals surface area contributed by atoms with Crippen LogP contribution in [-0.4, -0.2) is 16.8 Å². The second-order valence-electron chi connectivity index (χ2n) is 7.36. The van der Waals surface area contributed by atoms with E-state index in [1.807, 2.05) is 12.4 Å². The zero-order chi connectivity index (χ0) is 18.2. The van der Waals surface area contributed by atoms with Gasteiger partial charge in [0, 0.05) is 43.4 Å². The Hall–Kier alpha value is -0.760. The van der Waals surface area contributed by atoms with Crippen molar-refractivity contribution < 1.29 is 0 Å². The molecular weight excluding hydrogens is 534 g/mol. The number of anilines is 1. The molecule has 0 aromatic heterocycles. The Labute approximate surface area is 174 Å². The van der Waals surface area contributed by atoms with Crippen molar-refractivity contribution in [3.63, 3.8) is 0 Å². The molecule has 2 heterocycles. The molecule has 0 radical (unpaired) electrons. The van der Waals surface area contributed by atoms with Gasteiger partial charge in [-0.1, -0.05) is 52.3 Å². The molecule has 0 bridgehead atoms. The average Bonchev–Trinajstić information content (AvgIpc) is 2.76. The van der Waals surface area contributed by atoms with Gasteiger partial charge in [0.1, 0.15) is 0 Å². The first-order valence-electron chi connectivity index (χ1n) is 8.41. The third-order valence-electron chi connectivity index (χ3n) is 4.63. The Morgan fingerprint density at radius 1 is 1.24 bits per heavy atom. The molecule has 4 heteroatoms. The largest absolute Gasteiger partial charge is 0.345 e. The van der Waals surface area contributed by atoms with E-state index in [0.29, 0.717) is 0 Å². The van der Waals surface area contributed by atoms with Crippen molar-refractivity contribution in [1.29, 1.82) is 0 Å². The summed E-state index contributed by atoms with van der Waals surface area (Å²) < 4.78 is 3.84. The van der Waals surface area contributed by atoms with Crippen LogP contribution in [0.15, 0.2) is 48.3 Å². The zero-order valence-corrected chi connectivity index (χ0v) is 19.7. The minimum atomic E-state index is 0.0363. The Kier molecular flexibility index (Phi) is 5.68. The standard InChI is InChI=1S/C21H24I2N2/c1-14-8-16(3)20-18(9-14)21(4,5)13-25(20)7-6-24-12-17-11-23-19(22)10-15(17)2/h6-12H,13H2,1-5H3/b7-6-,24-12?. The minimum Gasteiger partial charge on any atom is -0.345 e. The molecule has 1 aromatic rings. The second-order valence-corrected chi connectivity index (χ2v) is 13.0. The van der Waals surface area contributed by atoms with Gasteiger partial charge in [0.05, 0.1) is 0 Å². The zero-order valence-electron chi connectivity index (χ0n) is 15.4. The second kappa shape index (κ2) is 7.47. The summed E-state index contributed by atoms with van der Waals surface area (Å²) in [6, 6.07) is 4.61. The van der Waals surface area contributed by atoms with Crippen molar-refractivity contribution in [2.45, 2.75) is 40.0 Å². The van der Waals surface area contributed by atoms with Crippen LogP contribution in [0.2, 0.25) is 0 Å². The van der Waals surface area contributed by atoms with Gasteiger partial charge in [-0.15, -0.1) is 0 Å². The molecule has 0 saturated carbocycles. The number of aryl methyl sites for hydroxylation is 2. The molecule has 2 aliphatic heterocycles. The number of halogens is 2. The van der Waals surface area contributed by atoms with E-state index in [9.17, 15) is 0 Å². The van der Waals surface area contributed by atoms with Gasteiger partial charge >= 0.3 is 0 Å². The lowest BCUT2D eigenvalue weighted by Crippen LogP contribution is -2.24. The van der Waals surface area contributed by atoms with E-state index in [4.69, 9.17) is 0 Å². The highest BCUT2D eigenvalue weighted by Gasteiger charge is 2.35. The average molecular weight is 558 g/mol. The van der Waals surface area contributed by atoms with Crippen LogP contribution in [0.25, 0.3) is 0 Å². The fraction of sp³-hybridized carbons (Fsp3) is 0.333. The van der Waals surface area contributed by atoms with Crippen LogP contribution in [0, 0.1) is 13.8 Å². The highest BCUT2D eigenvalue weighted by Crippen LogP contribution is 2.43. The van der Waals surface area contributed by atoms with Gasteiger partial charge in [0.2, 0.25) is 0 Å². The third-order valence-corrected chi connectivity index (χ3v) is 8.41. The van der Waals surface area contributed by atoms with Crippen LogP contribution < -0.4 is 4.90 Å². The van der Waals surface area contributed by atoms with E-state index in [2.05, 4.69) is 95.5 Å². The van der Waals surface area contributed by atoms with Crippen molar-refractivity contribution in [2.24, 2.45) is 4.99 Å². The van der Waals surface area contributed by atoms with Gasteiger partial charge < -0.3 is 4.90 Å². The number of fused-ring (bicyclic) bond motifs is 1. The van der Waals surface area contributed by atoms with Crippen LogP contribution in [0.1, 0.15) is 37.5 Å². The maximum absolute atomic E-state index is 4.55. The maximum atomic E-state index is 4.55. The molecule has 0 atom stereocenters. The van der Waals surface area contributed by atoms with Gasteiger partial charge in [-0.25, -0.2) is 0 Å². The van der Waals surface area contributed by atoms with Crippen LogP contribution in [0.4, 0.5) is 5.69 Å². The van der Waals surface area contributed by atoms with Crippen LogP contribution in [0.3, 0.4) is 0 Å². The molecule has 0 spiro atoms. The summed E-state index contributed by atoms with van der Waals surface area (Å²) in [5.41, 5.74) is 8.24. The van der Waals surface area contributed by atoms with Crippen molar-refractivity contribution in [3.05, 3.63) is 60.0 Å². The van der Waals surface area contributed by atoms with Gasteiger partial charge in [0.15, 0.2) is 0 Å². The molecule has 1 aromatic carbocycles. The van der Waals surface area contributed by atoms with E-state index in [1.54, 1.807) is 0 Å². The van der Waals surface area contributed by atoms with E-state index in [1.165, 1.54) is 35.1 Å². The van der Waals surface area contributed by atoms with Crippen molar-refractivity contribution in [3.8, 4) is 0 Å². The minimum absolute atomic E-state index is 0.0363. The summed E-state index contributed by atoms with van der Waals surface area (Å²) in [6.07, 6.45) is 8.33. The molecule has 3 rings (SSSR count). The van der Waals surface area contributed by atoms with Gasteiger partial charge in [-0.3, -0.25) is 4.99 Å². The topological polar surface area (TPSA) is 15.6 Å². The lowest BCUT2D eigenvalue weighted by Gasteiger charge is -2.19. The van der Waals surface area contributed by atoms with E-state index in [-0.39, 0.29) is 26.1 Å². The predicted molar refractivity (Wildman–Crippen MR) is 129 cm³/mol. The van der Waals surface area contributed by atoms with Crippen LogP contribution in [-0.2, 0) is 5.41 Å². The first-order valence-corrected chi connectivity index (χ1v) is 11.8. The van der Waals surface area contributed by atoms with E-state index >= 15 is 0 Å². The fourth-order valence-electron chi connectivity index (χ4n) is 3.42. The molecule has 0 N–H and O–H groups in total. The fourth-order valence-corrected chi connectivity index (χ4v) is 6.61. The SMILES string of the molecule is CC1=C(C=N/C=C\N2CC(C)(C)c3cc(C)cc(C)c32)C=IC(I)=C1. The Morgan fingerprint density at radius 3 is 2.72 bits per heavy atom. The van der Waals surface area contributed by atoms with E-state index in [0.717, 1.165) is 6.54 Å². The quantitative estimate of drug-likeness (QED) is 0.313. The summed E-state index contributed by atoms with van der Waals surface area (Å²) in [5.74, 6) is 0. The molecule has 132 valence electrons. The van der Waals surface area contributed by atoms with Crippen LogP contribution >= 0.6 is 43.3 Å². The first-order chi connectivity index (χ1) is 11.8. The highest BCUT2D eigenvalue weighted by atomic mass is 127. The number of benzene rings is 1. The van der Waals surface area contributed by atoms with E-state index < -0.39 is 0 Å². The highest BCUT2D eigenvalue weighted by molar-refractivity contribution is 14.2. The number of allylic oxidation sites excluding steroid dienone is 3. The number of rotatable bonds is 3. The van der Waals surface area contributed by atoms with Crippen molar-refractivity contribution in [1.82, 2.24) is 0 Å². The Bertz CT molecular complexity index is 855. The van der Waals surface area contributed by atoms with Gasteiger partial charge in [0.25, 0.3) is 0 Å². The molecule has 0 saturated heterocycles. The molecule has 25 heavy (non-hydrogen) atoms. The number of hydrogen-bond donors (Lipinski definition) is 0. The molecule has 0 aliphatic carbocycles. The molecule has 0 unspecified atom stereocenters. The molecule has 2 aliphatic rings. The lowest BCUT2D eigenvalue weighted by molar-refractivity contribution is 0.567. The summed E-state index contributed by atoms with van der Waals surface area (Å²) in [4.78, 5) is 6.90. The predicted octanol–water partition coefficient (Wildman–Crippen LogP) is 6.32. The summed E-state index contributed by atoms with van der Waals surface area (Å²) >= 11 is 2.48. The summed E-state index contributed by atoms with van der Waals surface area (Å²) in [6.45, 7) is 12.2. The van der Waals surface area contributed by atoms with Crippen molar-refractivity contribution >= 4 is 59.2 Å². The van der Waals surface area contributed by atoms with Gasteiger partial charge in [-0.2, -0.15) is 0 Å². The Balaban J connectivity index is 1.82. The molecule has 0 amide bonds. The molecular formula is C21H24I2N2. The summed E-state index contributed by atoms with van der Waals surface area (Å²) in [5, 5.41) is 0. The molecule has 2 nitrogen and oxygen atoms in total. The maximum Gasteiger partial charge on any atom is 0.0475 e. The normalized spacial score (nSPS) is 19.6. The monoisotopic (exact) mass is 558 g/mol.